The van der Waals surface area contributed by atoms with Gasteiger partial charge in [-0.1, -0.05) is 17.7 Å². The third-order valence-electron chi connectivity index (χ3n) is 6.38. The lowest BCUT2D eigenvalue weighted by Gasteiger charge is -2.19. The van der Waals surface area contributed by atoms with Gasteiger partial charge in [0.25, 0.3) is 0 Å². The summed E-state index contributed by atoms with van der Waals surface area (Å²) < 4.78 is 71.1. The topological polar surface area (TPSA) is 80.9 Å². The zero-order valence-electron chi connectivity index (χ0n) is 18.4. The molecular weight excluding hydrogens is 505 g/mol. The predicted molar refractivity (Wildman–Crippen MR) is 125 cm³/mol. The lowest BCUT2D eigenvalue weighted by atomic mass is 9.95. The van der Waals surface area contributed by atoms with Crippen molar-refractivity contribution in [1.82, 2.24) is 9.38 Å². The number of benzene rings is 1. The number of aliphatic hydroxyl groups excluding tert-OH is 1. The van der Waals surface area contributed by atoms with Gasteiger partial charge in [0.2, 0.25) is 0 Å². The first-order valence-corrected chi connectivity index (χ1v) is 13.0. The van der Waals surface area contributed by atoms with E-state index in [9.17, 15) is 22.3 Å². The normalized spacial score (nSPS) is 20.2. The van der Waals surface area contributed by atoms with Crippen LogP contribution in [-0.4, -0.2) is 35.8 Å². The molecule has 0 saturated carbocycles. The molecule has 0 bridgehead atoms. The van der Waals surface area contributed by atoms with Crippen molar-refractivity contribution in [2.75, 3.05) is 6.26 Å². The smallest absolute Gasteiger partial charge is 0.387 e. The van der Waals surface area contributed by atoms with Crippen LogP contribution in [0.3, 0.4) is 0 Å². The number of aliphatic hydroxyl groups is 1. The molecule has 2 heterocycles. The highest BCUT2D eigenvalue weighted by Crippen LogP contribution is 2.47. The minimum atomic E-state index is -3.33. The number of aromatic nitrogens is 2. The molecule has 11 heteroatoms. The van der Waals surface area contributed by atoms with Gasteiger partial charge >= 0.3 is 6.61 Å². The lowest BCUT2D eigenvalue weighted by molar-refractivity contribution is -0.0506. The zero-order valence-corrected chi connectivity index (χ0v) is 20.0. The molecule has 0 aliphatic heterocycles. The molecule has 0 radical (unpaired) electrons. The van der Waals surface area contributed by atoms with Crippen molar-refractivity contribution in [3.8, 4) is 5.75 Å². The van der Waals surface area contributed by atoms with Crippen LogP contribution in [0.15, 0.2) is 47.5 Å². The largest absolute Gasteiger partial charge is 0.435 e. The highest BCUT2D eigenvalue weighted by Gasteiger charge is 2.38. The van der Waals surface area contributed by atoms with Crippen LogP contribution in [0.1, 0.15) is 53.8 Å². The average Bonchev–Trinajstić information content (AvgIpc) is 3.30. The van der Waals surface area contributed by atoms with Crippen LogP contribution in [0, 0.1) is 5.82 Å². The van der Waals surface area contributed by atoms with Crippen molar-refractivity contribution < 1.29 is 31.4 Å². The molecule has 5 rings (SSSR count). The molecule has 0 amide bonds. The fourth-order valence-corrected chi connectivity index (χ4v) is 5.76. The van der Waals surface area contributed by atoms with E-state index in [1.165, 1.54) is 30.3 Å². The molecule has 184 valence electrons. The Morgan fingerprint density at radius 3 is 2.66 bits per heavy atom. The maximum Gasteiger partial charge on any atom is 0.387 e. The van der Waals surface area contributed by atoms with Gasteiger partial charge in [-0.3, -0.25) is 0 Å². The van der Waals surface area contributed by atoms with Gasteiger partial charge in [-0.2, -0.15) is 8.78 Å². The molecule has 2 aliphatic rings. The Kier molecular flexibility index (Phi) is 5.93. The Morgan fingerprint density at radius 2 is 2.00 bits per heavy atom. The van der Waals surface area contributed by atoms with E-state index in [1.54, 1.807) is 16.7 Å². The van der Waals surface area contributed by atoms with E-state index < -0.39 is 34.3 Å². The van der Waals surface area contributed by atoms with Gasteiger partial charge < -0.3 is 14.2 Å². The van der Waals surface area contributed by atoms with Crippen LogP contribution in [0.4, 0.5) is 13.2 Å². The standard InChI is InChI=1S/C24H20ClF3N2O4S/c1-35(32,33)14-5-2-12(3-6-14)17-11-30-21(10-18(17)26)29-22-19(31)9-16(23(22)30)15-8-13(25)4-7-20(15)34-24(27)28/h2,4-5,7-8,10-11,16,19,24,31H,3,6,9H2,1H3. The molecule has 1 aromatic carbocycles. The molecule has 2 unspecified atom stereocenters. The molecule has 3 aromatic rings. The Labute approximate surface area is 204 Å². The molecule has 0 spiro atoms. The van der Waals surface area contributed by atoms with Crippen LogP contribution in [0.2, 0.25) is 5.02 Å². The maximum atomic E-state index is 15.1. The summed E-state index contributed by atoms with van der Waals surface area (Å²) in [5.74, 6) is -1.20. The SMILES string of the molecule is CS(=O)(=O)C1=CC=C(c2cn3c4c(nc3cc2F)C(O)CC4c2cc(Cl)ccc2OC(F)F)CC1. The molecule has 2 atom stereocenters. The summed E-state index contributed by atoms with van der Waals surface area (Å²) in [5.41, 5.74) is 2.34. The van der Waals surface area contributed by atoms with E-state index in [-0.39, 0.29) is 34.7 Å². The van der Waals surface area contributed by atoms with Crippen molar-refractivity contribution >= 4 is 32.7 Å². The molecule has 0 saturated heterocycles. The Hall–Kier alpha value is -2.82. The average molecular weight is 525 g/mol. The summed E-state index contributed by atoms with van der Waals surface area (Å²) in [7, 11) is -3.33. The number of imidazole rings is 1. The molecule has 1 N–H and O–H groups in total. The van der Waals surface area contributed by atoms with Gasteiger partial charge in [-0.25, -0.2) is 17.8 Å². The summed E-state index contributed by atoms with van der Waals surface area (Å²) in [6.45, 7) is -3.05. The molecule has 2 aliphatic carbocycles. The number of sulfone groups is 1. The third kappa shape index (κ3) is 4.34. The zero-order chi connectivity index (χ0) is 25.1. The number of nitrogens with zero attached hydrogens (tertiary/aromatic N) is 2. The minimum Gasteiger partial charge on any atom is -0.435 e. The quantitative estimate of drug-likeness (QED) is 0.483. The predicted octanol–water partition coefficient (Wildman–Crippen LogP) is 5.40. The van der Waals surface area contributed by atoms with Crippen LogP contribution >= 0.6 is 11.6 Å². The van der Waals surface area contributed by atoms with Crippen molar-refractivity contribution in [1.29, 1.82) is 0 Å². The van der Waals surface area contributed by atoms with Crippen molar-refractivity contribution in [3.05, 3.63) is 80.9 Å². The van der Waals surface area contributed by atoms with Crippen molar-refractivity contribution in [3.63, 3.8) is 0 Å². The summed E-state index contributed by atoms with van der Waals surface area (Å²) in [5, 5.41) is 11.0. The second kappa shape index (κ2) is 8.69. The summed E-state index contributed by atoms with van der Waals surface area (Å²) in [6, 6.07) is 5.53. The first-order valence-electron chi connectivity index (χ1n) is 10.8. The number of hydrogen-bond acceptors (Lipinski definition) is 5. The maximum absolute atomic E-state index is 15.1. The van der Waals surface area contributed by atoms with Crippen LogP contribution < -0.4 is 4.74 Å². The van der Waals surface area contributed by atoms with Gasteiger partial charge in [0.05, 0.1) is 17.5 Å². The molecule has 6 nitrogen and oxygen atoms in total. The second-order valence-electron chi connectivity index (χ2n) is 8.61. The van der Waals surface area contributed by atoms with Gasteiger partial charge in [0.1, 0.15) is 17.2 Å². The Balaban J connectivity index is 1.65. The van der Waals surface area contributed by atoms with Crippen LogP contribution in [0.5, 0.6) is 5.75 Å². The van der Waals surface area contributed by atoms with Crippen LogP contribution in [0.25, 0.3) is 11.2 Å². The number of pyridine rings is 1. The molecule has 2 aromatic heterocycles. The number of fused-ring (bicyclic) bond motifs is 3. The first kappa shape index (κ1) is 23.9. The number of ether oxygens (including phenoxy) is 1. The van der Waals surface area contributed by atoms with Gasteiger partial charge in [-0.15, -0.1) is 0 Å². The van der Waals surface area contributed by atoms with Crippen LogP contribution in [-0.2, 0) is 9.84 Å². The molecule has 35 heavy (non-hydrogen) atoms. The summed E-state index contributed by atoms with van der Waals surface area (Å²) in [6.07, 6.45) is 5.48. The number of allylic oxidation sites excluding steroid dienone is 4. The number of hydrogen-bond donors (Lipinski definition) is 1. The van der Waals surface area contributed by atoms with E-state index in [0.717, 1.165) is 6.26 Å². The summed E-state index contributed by atoms with van der Waals surface area (Å²) >= 11 is 6.15. The van der Waals surface area contributed by atoms with Gasteiger partial charge in [-0.05, 0) is 49.1 Å². The Bertz CT molecular complexity index is 1510. The summed E-state index contributed by atoms with van der Waals surface area (Å²) in [4.78, 5) is 4.67. The number of rotatable bonds is 5. The number of alkyl halides is 2. The van der Waals surface area contributed by atoms with Crippen molar-refractivity contribution in [2.24, 2.45) is 0 Å². The monoisotopic (exact) mass is 524 g/mol. The van der Waals surface area contributed by atoms with E-state index in [0.29, 0.717) is 34.0 Å². The third-order valence-corrected chi connectivity index (χ3v) is 7.90. The van der Waals surface area contributed by atoms with Gasteiger partial charge in [0, 0.05) is 45.5 Å². The van der Waals surface area contributed by atoms with E-state index >= 15 is 4.39 Å². The highest BCUT2D eigenvalue weighted by atomic mass is 35.5. The number of halogens is 4. The Morgan fingerprint density at radius 1 is 1.23 bits per heavy atom. The van der Waals surface area contributed by atoms with E-state index in [1.807, 2.05) is 0 Å². The van der Waals surface area contributed by atoms with E-state index in [2.05, 4.69) is 4.98 Å². The van der Waals surface area contributed by atoms with E-state index in [4.69, 9.17) is 16.3 Å². The highest BCUT2D eigenvalue weighted by molar-refractivity contribution is 7.94. The minimum absolute atomic E-state index is 0.0693. The van der Waals surface area contributed by atoms with Gasteiger partial charge in [0.15, 0.2) is 9.84 Å². The fraction of sp³-hybridized carbons (Fsp3) is 0.292. The first-order chi connectivity index (χ1) is 16.5. The lowest BCUT2D eigenvalue weighted by Crippen LogP contribution is -2.09. The molecular formula is C24H20ClF3N2O4S. The second-order valence-corrected chi connectivity index (χ2v) is 11.1. The molecule has 0 fully saturated rings. The fourth-order valence-electron chi connectivity index (χ4n) is 4.80. The van der Waals surface area contributed by atoms with Crippen molar-refractivity contribution in [2.45, 2.75) is 37.9 Å².